The zero-order chi connectivity index (χ0) is 12.4. The van der Waals surface area contributed by atoms with Gasteiger partial charge in [0.2, 0.25) is 0 Å². The highest BCUT2D eigenvalue weighted by Crippen LogP contribution is 2.19. The molecule has 0 fully saturated rings. The molecule has 0 aliphatic heterocycles. The zero-order valence-electron chi connectivity index (χ0n) is 11.4. The number of rotatable bonds is 10. The predicted octanol–water partition coefficient (Wildman–Crippen LogP) is 4.98. The molecule has 0 heterocycles. The van der Waals surface area contributed by atoms with E-state index in [1.165, 1.54) is 32.1 Å². The van der Waals surface area contributed by atoms with E-state index in [0.717, 1.165) is 30.4 Å². The van der Waals surface area contributed by atoms with Crippen LogP contribution in [0, 0.1) is 18.8 Å². The van der Waals surface area contributed by atoms with Crippen molar-refractivity contribution in [3.8, 4) is 0 Å². The number of hydrogen-bond donors (Lipinski definition) is 0. The van der Waals surface area contributed by atoms with Gasteiger partial charge in [0.05, 0.1) is 12.9 Å². The zero-order valence-corrected chi connectivity index (χ0v) is 11.4. The monoisotopic (exact) mass is 225 g/mol. The summed E-state index contributed by atoms with van der Waals surface area (Å²) in [6, 6.07) is 0. The minimum atomic E-state index is 0.792. The van der Waals surface area contributed by atoms with Gasteiger partial charge in [-0.3, -0.25) is 0 Å². The molecule has 0 spiro atoms. The molecular formula is C15H29O. The molecule has 16 heavy (non-hydrogen) atoms. The van der Waals surface area contributed by atoms with Crippen molar-refractivity contribution in [1.29, 1.82) is 0 Å². The lowest BCUT2D eigenvalue weighted by atomic mass is 9.94. The second-order valence-electron chi connectivity index (χ2n) is 5.06. The summed E-state index contributed by atoms with van der Waals surface area (Å²) < 4.78 is 5.06. The van der Waals surface area contributed by atoms with E-state index in [9.17, 15) is 0 Å². The van der Waals surface area contributed by atoms with Gasteiger partial charge in [0.25, 0.3) is 0 Å². The van der Waals surface area contributed by atoms with Crippen molar-refractivity contribution in [3.63, 3.8) is 0 Å². The topological polar surface area (TPSA) is 9.23 Å². The number of methoxy groups -OCH3 is 1. The van der Waals surface area contributed by atoms with Crippen LogP contribution in [0.15, 0.2) is 12.3 Å². The molecule has 0 aromatic heterocycles. The first kappa shape index (κ1) is 15.5. The van der Waals surface area contributed by atoms with Crippen molar-refractivity contribution in [2.24, 2.45) is 11.8 Å². The average molecular weight is 225 g/mol. The fourth-order valence-electron chi connectivity index (χ4n) is 1.85. The third kappa shape index (κ3) is 8.82. The first-order valence-electron chi connectivity index (χ1n) is 6.61. The van der Waals surface area contributed by atoms with Crippen LogP contribution in [-0.2, 0) is 4.74 Å². The Kier molecular flexibility index (Phi) is 9.46. The molecule has 0 aromatic carbocycles. The van der Waals surface area contributed by atoms with Gasteiger partial charge in [0.1, 0.15) is 0 Å². The van der Waals surface area contributed by atoms with Gasteiger partial charge >= 0.3 is 0 Å². The van der Waals surface area contributed by atoms with Crippen molar-refractivity contribution in [2.75, 3.05) is 7.11 Å². The molecular weight excluding hydrogens is 196 g/mol. The number of ether oxygens (including phenoxy) is 1. The van der Waals surface area contributed by atoms with E-state index in [1.54, 1.807) is 7.11 Å². The summed E-state index contributed by atoms with van der Waals surface area (Å²) in [5.41, 5.74) is 0. The van der Waals surface area contributed by atoms with E-state index in [-0.39, 0.29) is 0 Å². The van der Waals surface area contributed by atoms with Crippen molar-refractivity contribution in [1.82, 2.24) is 0 Å². The van der Waals surface area contributed by atoms with Crippen LogP contribution < -0.4 is 0 Å². The first-order chi connectivity index (χ1) is 7.60. The molecule has 0 bridgehead atoms. The largest absolute Gasteiger partial charge is 0.502 e. The van der Waals surface area contributed by atoms with Crippen LogP contribution in [0.5, 0.6) is 0 Å². The van der Waals surface area contributed by atoms with Crippen LogP contribution in [-0.4, -0.2) is 7.11 Å². The predicted molar refractivity (Wildman–Crippen MR) is 72.2 cm³/mol. The molecule has 1 nitrogen and oxygen atoms in total. The molecule has 0 saturated carbocycles. The second kappa shape index (κ2) is 9.74. The molecule has 0 rings (SSSR count). The molecule has 1 radical (unpaired) electrons. The molecule has 95 valence electrons. The van der Waals surface area contributed by atoms with Crippen molar-refractivity contribution in [2.45, 2.75) is 58.8 Å². The summed E-state index contributed by atoms with van der Waals surface area (Å²) >= 11 is 0. The highest BCUT2D eigenvalue weighted by molar-refractivity contribution is 4.81. The fraction of sp³-hybridized carbons (Fsp3) is 0.800. The van der Waals surface area contributed by atoms with Gasteiger partial charge in [0.15, 0.2) is 0 Å². The maximum absolute atomic E-state index is 5.06. The van der Waals surface area contributed by atoms with Gasteiger partial charge in [-0.15, -0.1) is 0 Å². The standard InChI is InChI=1S/C15H29O/c1-6-13(2)9-7-10-14(3)11-8-12-15(4)16-5/h13-14H,1,4,6-12H2,2-3,5H3. The van der Waals surface area contributed by atoms with Crippen molar-refractivity contribution < 1.29 is 4.74 Å². The van der Waals surface area contributed by atoms with Gasteiger partial charge in [-0.1, -0.05) is 59.5 Å². The molecule has 0 aromatic rings. The minimum Gasteiger partial charge on any atom is -0.502 e. The van der Waals surface area contributed by atoms with E-state index in [4.69, 9.17) is 4.74 Å². The van der Waals surface area contributed by atoms with Crippen LogP contribution in [0.3, 0.4) is 0 Å². The van der Waals surface area contributed by atoms with E-state index in [1.807, 2.05) is 0 Å². The fourth-order valence-corrected chi connectivity index (χ4v) is 1.85. The highest BCUT2D eigenvalue weighted by atomic mass is 16.5. The Labute approximate surface area is 102 Å². The Morgan fingerprint density at radius 3 is 2.19 bits per heavy atom. The second-order valence-corrected chi connectivity index (χ2v) is 5.06. The Bertz CT molecular complexity index is 174. The van der Waals surface area contributed by atoms with Gasteiger partial charge < -0.3 is 4.74 Å². The quantitative estimate of drug-likeness (QED) is 0.476. The van der Waals surface area contributed by atoms with E-state index in [2.05, 4.69) is 27.4 Å². The Morgan fingerprint density at radius 1 is 1.06 bits per heavy atom. The molecule has 0 aliphatic carbocycles. The number of hydrogen-bond acceptors (Lipinski definition) is 1. The summed E-state index contributed by atoms with van der Waals surface area (Å²) in [4.78, 5) is 0. The first-order valence-corrected chi connectivity index (χ1v) is 6.61. The maximum Gasteiger partial charge on any atom is 0.0883 e. The van der Waals surface area contributed by atoms with Crippen molar-refractivity contribution in [3.05, 3.63) is 19.3 Å². The summed E-state index contributed by atoms with van der Waals surface area (Å²) in [7, 11) is 1.70. The molecule has 2 atom stereocenters. The Morgan fingerprint density at radius 2 is 1.62 bits per heavy atom. The summed E-state index contributed by atoms with van der Waals surface area (Å²) in [5, 5.41) is 0. The lowest BCUT2D eigenvalue weighted by Crippen LogP contribution is -1.98. The minimum absolute atomic E-state index is 0.792. The van der Waals surface area contributed by atoms with Crippen LogP contribution >= 0.6 is 0 Å². The molecule has 0 N–H and O–H groups in total. The number of allylic oxidation sites excluding steroid dienone is 1. The Balaban J connectivity index is 3.37. The summed E-state index contributed by atoms with van der Waals surface area (Å²) in [6.07, 6.45) is 8.61. The van der Waals surface area contributed by atoms with Crippen LogP contribution in [0.2, 0.25) is 0 Å². The van der Waals surface area contributed by atoms with E-state index in [0.29, 0.717) is 0 Å². The van der Waals surface area contributed by atoms with Crippen LogP contribution in [0.25, 0.3) is 0 Å². The smallest absolute Gasteiger partial charge is 0.0883 e. The van der Waals surface area contributed by atoms with E-state index < -0.39 is 0 Å². The van der Waals surface area contributed by atoms with E-state index >= 15 is 0 Å². The van der Waals surface area contributed by atoms with Gasteiger partial charge in [0, 0.05) is 6.42 Å². The van der Waals surface area contributed by atoms with Crippen molar-refractivity contribution >= 4 is 0 Å². The van der Waals surface area contributed by atoms with Gasteiger partial charge in [-0.05, 0) is 18.3 Å². The van der Waals surface area contributed by atoms with Crippen LogP contribution in [0.1, 0.15) is 58.8 Å². The van der Waals surface area contributed by atoms with Crippen LogP contribution in [0.4, 0.5) is 0 Å². The molecule has 0 saturated heterocycles. The Hall–Kier alpha value is -0.460. The van der Waals surface area contributed by atoms with Gasteiger partial charge in [-0.2, -0.15) is 0 Å². The molecule has 0 amide bonds. The third-order valence-corrected chi connectivity index (χ3v) is 3.33. The summed E-state index contributed by atoms with van der Waals surface area (Å²) in [6.45, 7) is 12.4. The maximum atomic E-state index is 5.06. The average Bonchev–Trinajstić information content (AvgIpc) is 2.28. The molecule has 1 heteroatoms. The third-order valence-electron chi connectivity index (χ3n) is 3.33. The van der Waals surface area contributed by atoms with Gasteiger partial charge in [-0.25, -0.2) is 0 Å². The normalized spacial score (nSPS) is 14.5. The molecule has 0 aliphatic rings. The highest BCUT2D eigenvalue weighted by Gasteiger charge is 2.04. The molecule has 2 unspecified atom stereocenters. The SMILES string of the molecule is [CH2]CC(C)CCCC(C)CCCC(=C)OC. The lowest BCUT2D eigenvalue weighted by molar-refractivity contribution is 0.273. The lowest BCUT2D eigenvalue weighted by Gasteiger charge is -2.13. The summed E-state index contributed by atoms with van der Waals surface area (Å²) in [5.74, 6) is 2.54.